The van der Waals surface area contributed by atoms with E-state index < -0.39 is 0 Å². The molecule has 0 unspecified atom stereocenters. The molecule has 5 heteroatoms. The Hall–Kier alpha value is -1.62. The van der Waals surface area contributed by atoms with E-state index >= 15 is 0 Å². The molecule has 1 atom stereocenters. The normalized spacial score (nSPS) is 13.2. The van der Waals surface area contributed by atoms with Crippen molar-refractivity contribution in [3.05, 3.63) is 24.2 Å². The number of hydrogen-bond acceptors (Lipinski definition) is 4. The Morgan fingerprint density at radius 1 is 1.41 bits per heavy atom. The van der Waals surface area contributed by atoms with Crippen molar-refractivity contribution in [3.63, 3.8) is 0 Å². The zero-order chi connectivity index (χ0) is 12.4. The second-order valence-electron chi connectivity index (χ2n) is 4.68. The lowest BCUT2D eigenvalue weighted by Gasteiger charge is -2.08. The summed E-state index contributed by atoms with van der Waals surface area (Å²) < 4.78 is 7.24. The van der Waals surface area contributed by atoms with Crippen molar-refractivity contribution in [2.24, 2.45) is 11.7 Å². The van der Waals surface area contributed by atoms with Crippen molar-refractivity contribution in [2.75, 3.05) is 0 Å². The molecule has 2 aromatic heterocycles. The van der Waals surface area contributed by atoms with E-state index in [9.17, 15) is 0 Å². The Kier molecular flexibility index (Phi) is 3.28. The van der Waals surface area contributed by atoms with E-state index in [4.69, 9.17) is 10.3 Å². The Bertz CT molecular complexity index is 484. The summed E-state index contributed by atoms with van der Waals surface area (Å²) in [6, 6.07) is 3.74. The Balaban J connectivity index is 2.29. The lowest BCUT2D eigenvalue weighted by Crippen LogP contribution is -2.06. The van der Waals surface area contributed by atoms with Gasteiger partial charge < -0.3 is 14.8 Å². The molecule has 0 bridgehead atoms. The summed E-state index contributed by atoms with van der Waals surface area (Å²) in [5.74, 6) is 1.64. The van der Waals surface area contributed by atoms with Gasteiger partial charge in [-0.05, 0) is 25.0 Å². The molecular formula is C12H18N4O. The molecule has 0 radical (unpaired) electrons. The highest BCUT2D eigenvalue weighted by Gasteiger charge is 2.14. The molecule has 0 fully saturated rings. The van der Waals surface area contributed by atoms with Crippen LogP contribution in [-0.4, -0.2) is 14.7 Å². The lowest BCUT2D eigenvalue weighted by molar-refractivity contribution is 0.361. The minimum Gasteiger partial charge on any atom is -0.345 e. The summed E-state index contributed by atoms with van der Waals surface area (Å²) in [7, 11) is 0. The quantitative estimate of drug-likeness (QED) is 0.880. The number of nitrogens with two attached hydrogens (primary N) is 1. The minimum atomic E-state index is -0.232. The summed E-state index contributed by atoms with van der Waals surface area (Å²) in [5, 5.41) is 3.96. The van der Waals surface area contributed by atoms with Gasteiger partial charge in [-0.2, -0.15) is 4.98 Å². The molecular weight excluding hydrogens is 216 g/mol. The van der Waals surface area contributed by atoms with Crippen LogP contribution in [-0.2, 0) is 6.54 Å². The fourth-order valence-electron chi connectivity index (χ4n) is 1.69. The van der Waals surface area contributed by atoms with Crippen molar-refractivity contribution in [1.82, 2.24) is 14.7 Å². The predicted octanol–water partition coefficient (Wildman–Crippen LogP) is 2.21. The third-order valence-electron chi connectivity index (χ3n) is 2.45. The van der Waals surface area contributed by atoms with Crippen LogP contribution in [0.1, 0.15) is 32.7 Å². The van der Waals surface area contributed by atoms with Crippen LogP contribution in [0.5, 0.6) is 0 Å². The maximum absolute atomic E-state index is 5.70. The molecule has 0 aliphatic rings. The molecule has 5 nitrogen and oxygen atoms in total. The zero-order valence-corrected chi connectivity index (χ0v) is 10.4. The highest BCUT2D eigenvalue weighted by Crippen LogP contribution is 2.19. The van der Waals surface area contributed by atoms with Crippen molar-refractivity contribution >= 4 is 0 Å². The first-order valence-electron chi connectivity index (χ1n) is 5.82. The van der Waals surface area contributed by atoms with Gasteiger partial charge in [0.05, 0.1) is 11.7 Å². The molecule has 0 amide bonds. The Morgan fingerprint density at radius 2 is 2.18 bits per heavy atom. The molecule has 0 spiro atoms. The van der Waals surface area contributed by atoms with E-state index in [1.54, 1.807) is 0 Å². The molecule has 92 valence electrons. The van der Waals surface area contributed by atoms with Gasteiger partial charge in [-0.1, -0.05) is 19.0 Å². The molecule has 0 saturated carbocycles. The zero-order valence-electron chi connectivity index (χ0n) is 10.4. The van der Waals surface area contributed by atoms with Crippen molar-refractivity contribution < 1.29 is 4.52 Å². The van der Waals surface area contributed by atoms with Crippen LogP contribution in [0.3, 0.4) is 0 Å². The molecule has 2 heterocycles. The van der Waals surface area contributed by atoms with Crippen LogP contribution in [0.15, 0.2) is 22.9 Å². The van der Waals surface area contributed by atoms with E-state index in [1.165, 1.54) is 0 Å². The fraction of sp³-hybridized carbons (Fsp3) is 0.500. The number of aromatic nitrogens is 3. The van der Waals surface area contributed by atoms with Crippen LogP contribution >= 0.6 is 0 Å². The SMILES string of the molecule is CC(C)Cn1cccc1-c1noc([C@H](C)N)n1. The Labute approximate surface area is 101 Å². The molecule has 0 aliphatic carbocycles. The molecule has 0 aromatic carbocycles. The van der Waals surface area contributed by atoms with E-state index in [-0.39, 0.29) is 6.04 Å². The molecule has 0 saturated heterocycles. The molecule has 2 aromatic rings. The first-order valence-corrected chi connectivity index (χ1v) is 5.82. The van der Waals surface area contributed by atoms with E-state index in [0.29, 0.717) is 17.6 Å². The van der Waals surface area contributed by atoms with Gasteiger partial charge in [0.2, 0.25) is 11.7 Å². The van der Waals surface area contributed by atoms with E-state index in [1.807, 2.05) is 25.3 Å². The van der Waals surface area contributed by atoms with Gasteiger partial charge in [-0.25, -0.2) is 0 Å². The average Bonchev–Trinajstić information content (AvgIpc) is 2.83. The Morgan fingerprint density at radius 3 is 2.76 bits per heavy atom. The molecule has 2 N–H and O–H groups in total. The third-order valence-corrected chi connectivity index (χ3v) is 2.45. The summed E-state index contributed by atoms with van der Waals surface area (Å²) in [5.41, 5.74) is 6.66. The molecule has 2 rings (SSSR count). The summed E-state index contributed by atoms with van der Waals surface area (Å²) in [6.45, 7) is 7.11. The van der Waals surface area contributed by atoms with Crippen LogP contribution in [0.25, 0.3) is 11.5 Å². The van der Waals surface area contributed by atoms with Gasteiger partial charge in [-0.3, -0.25) is 0 Å². The maximum atomic E-state index is 5.70. The summed E-state index contributed by atoms with van der Waals surface area (Å²) in [6.07, 6.45) is 2.03. The van der Waals surface area contributed by atoms with Gasteiger partial charge in [0.1, 0.15) is 0 Å². The first kappa shape index (κ1) is 11.9. The maximum Gasteiger partial charge on any atom is 0.243 e. The van der Waals surface area contributed by atoms with Gasteiger partial charge in [0.15, 0.2) is 0 Å². The van der Waals surface area contributed by atoms with Gasteiger partial charge in [0, 0.05) is 12.7 Å². The number of hydrogen-bond donors (Lipinski definition) is 1. The number of nitrogens with zero attached hydrogens (tertiary/aromatic N) is 3. The summed E-state index contributed by atoms with van der Waals surface area (Å²) in [4.78, 5) is 4.30. The third kappa shape index (κ3) is 2.55. The smallest absolute Gasteiger partial charge is 0.243 e. The highest BCUT2D eigenvalue weighted by atomic mass is 16.5. The van der Waals surface area contributed by atoms with Crippen molar-refractivity contribution in [3.8, 4) is 11.5 Å². The predicted molar refractivity (Wildman–Crippen MR) is 65.2 cm³/mol. The van der Waals surface area contributed by atoms with Gasteiger partial charge in [-0.15, -0.1) is 0 Å². The van der Waals surface area contributed by atoms with Gasteiger partial charge >= 0.3 is 0 Å². The van der Waals surface area contributed by atoms with Crippen LogP contribution < -0.4 is 5.73 Å². The van der Waals surface area contributed by atoms with E-state index in [0.717, 1.165) is 12.2 Å². The summed E-state index contributed by atoms with van der Waals surface area (Å²) >= 11 is 0. The fourth-order valence-corrected chi connectivity index (χ4v) is 1.69. The molecule has 17 heavy (non-hydrogen) atoms. The van der Waals surface area contributed by atoms with Crippen LogP contribution in [0.4, 0.5) is 0 Å². The standard InChI is InChI=1S/C12H18N4O/c1-8(2)7-16-6-4-5-10(16)11-14-12(9(3)13)17-15-11/h4-6,8-9H,7,13H2,1-3H3/t9-/m0/s1. The number of rotatable bonds is 4. The van der Waals surface area contributed by atoms with Crippen LogP contribution in [0.2, 0.25) is 0 Å². The van der Waals surface area contributed by atoms with Crippen molar-refractivity contribution in [1.29, 1.82) is 0 Å². The highest BCUT2D eigenvalue weighted by molar-refractivity contribution is 5.49. The van der Waals surface area contributed by atoms with Crippen molar-refractivity contribution in [2.45, 2.75) is 33.4 Å². The van der Waals surface area contributed by atoms with Gasteiger partial charge in [0.25, 0.3) is 0 Å². The average molecular weight is 234 g/mol. The lowest BCUT2D eigenvalue weighted by atomic mass is 10.2. The van der Waals surface area contributed by atoms with Crippen LogP contribution in [0, 0.1) is 5.92 Å². The largest absolute Gasteiger partial charge is 0.345 e. The minimum absolute atomic E-state index is 0.232. The topological polar surface area (TPSA) is 69.9 Å². The second kappa shape index (κ2) is 4.71. The van der Waals surface area contributed by atoms with E-state index in [2.05, 4.69) is 28.6 Å². The second-order valence-corrected chi connectivity index (χ2v) is 4.68. The monoisotopic (exact) mass is 234 g/mol. The molecule has 0 aliphatic heterocycles. The first-order chi connectivity index (χ1) is 8.08.